The molecule has 4 aromatic rings. The Morgan fingerprint density at radius 3 is 2.56 bits per heavy atom. The molecule has 1 aromatic carbocycles. The molecule has 190 valence electrons. The minimum atomic E-state index is -1.47. The Labute approximate surface area is 206 Å². The number of aromatic nitrogens is 6. The third kappa shape index (κ3) is 4.91. The van der Waals surface area contributed by atoms with Crippen molar-refractivity contribution in [3.8, 4) is 28.2 Å². The lowest BCUT2D eigenvalue weighted by molar-refractivity contribution is 0.202. The fourth-order valence-corrected chi connectivity index (χ4v) is 4.16. The van der Waals surface area contributed by atoms with Gasteiger partial charge in [-0.3, -0.25) is 5.10 Å². The first-order valence-electron chi connectivity index (χ1n) is 11.5. The number of nitrogens with two attached hydrogens (primary N) is 1. The van der Waals surface area contributed by atoms with Crippen LogP contribution in [0, 0.1) is 12.7 Å². The quantitative estimate of drug-likeness (QED) is 0.381. The van der Waals surface area contributed by atoms with Crippen LogP contribution in [0.15, 0.2) is 35.4 Å². The van der Waals surface area contributed by atoms with Crippen molar-refractivity contribution in [3.63, 3.8) is 0 Å². The number of nitrogens with one attached hydrogen (secondary N) is 1. The van der Waals surface area contributed by atoms with Gasteiger partial charge in [0.2, 0.25) is 0 Å². The Balaban J connectivity index is 1.93. The molecule has 8 nitrogen and oxygen atoms in total. The van der Waals surface area contributed by atoms with Crippen LogP contribution >= 0.6 is 0 Å². The van der Waals surface area contributed by atoms with E-state index in [0.717, 1.165) is 0 Å². The van der Waals surface area contributed by atoms with Crippen molar-refractivity contribution in [2.75, 3.05) is 5.73 Å². The molecule has 3 N–H and O–H groups in total. The van der Waals surface area contributed by atoms with Crippen molar-refractivity contribution in [3.05, 3.63) is 64.0 Å². The highest BCUT2D eigenvalue weighted by molar-refractivity contribution is 5.79. The van der Waals surface area contributed by atoms with Crippen molar-refractivity contribution in [2.24, 2.45) is 7.05 Å². The summed E-state index contributed by atoms with van der Waals surface area (Å²) in [4.78, 5) is 20.5. The molecule has 0 fully saturated rings. The molecular formula is C25H28F3N7O. The summed E-state index contributed by atoms with van der Waals surface area (Å²) in [5.41, 5.74) is 6.06. The second-order valence-corrected chi connectivity index (χ2v) is 9.47. The third-order valence-corrected chi connectivity index (χ3v) is 5.98. The predicted molar refractivity (Wildman–Crippen MR) is 132 cm³/mol. The summed E-state index contributed by atoms with van der Waals surface area (Å²) >= 11 is 0. The summed E-state index contributed by atoms with van der Waals surface area (Å²) < 4.78 is 46.7. The number of anilines is 1. The number of aromatic amines is 1. The summed E-state index contributed by atoms with van der Waals surface area (Å²) in [5.74, 6) is -0.158. The Hall–Kier alpha value is -3.89. The van der Waals surface area contributed by atoms with Crippen molar-refractivity contribution in [1.29, 1.82) is 0 Å². The molecule has 36 heavy (non-hydrogen) atoms. The van der Waals surface area contributed by atoms with E-state index in [-0.39, 0.29) is 41.6 Å². The maximum atomic E-state index is 15.6. The van der Waals surface area contributed by atoms with Gasteiger partial charge in [-0.05, 0) is 69.9 Å². The molecule has 0 saturated heterocycles. The average Bonchev–Trinajstić information content (AvgIpc) is 3.34. The number of nitrogen functional groups attached to an aromatic ring is 1. The smallest absolute Gasteiger partial charge is 0.355 e. The highest BCUT2D eigenvalue weighted by Crippen LogP contribution is 2.37. The van der Waals surface area contributed by atoms with Crippen molar-refractivity contribution >= 4 is 5.82 Å². The molecule has 0 spiro atoms. The van der Waals surface area contributed by atoms with E-state index in [4.69, 9.17) is 5.73 Å². The van der Waals surface area contributed by atoms with Gasteiger partial charge in [-0.15, -0.1) is 0 Å². The van der Waals surface area contributed by atoms with Gasteiger partial charge in [0.15, 0.2) is 12.0 Å². The van der Waals surface area contributed by atoms with Gasteiger partial charge in [-0.25, -0.2) is 27.5 Å². The van der Waals surface area contributed by atoms with Gasteiger partial charge in [0.1, 0.15) is 23.1 Å². The maximum absolute atomic E-state index is 15.6. The van der Waals surface area contributed by atoms with Crippen LogP contribution in [0.2, 0.25) is 0 Å². The monoisotopic (exact) mass is 499 g/mol. The number of hydrogen-bond acceptors (Lipinski definition) is 5. The fourth-order valence-electron chi connectivity index (χ4n) is 4.16. The number of imidazole rings is 1. The van der Waals surface area contributed by atoms with Crippen LogP contribution in [0.5, 0.6) is 0 Å². The summed E-state index contributed by atoms with van der Waals surface area (Å²) in [6.45, 7) is 6.04. The predicted octanol–water partition coefficient (Wildman–Crippen LogP) is 4.76. The van der Waals surface area contributed by atoms with Crippen molar-refractivity contribution < 1.29 is 13.2 Å². The summed E-state index contributed by atoms with van der Waals surface area (Å²) in [6, 6.07) is 4.38. The number of alkyl halides is 2. The van der Waals surface area contributed by atoms with Crippen LogP contribution in [0.4, 0.5) is 19.0 Å². The molecule has 0 bridgehead atoms. The zero-order chi connectivity index (χ0) is 26.4. The molecule has 0 aliphatic rings. The molecule has 1 unspecified atom stereocenters. The Morgan fingerprint density at radius 1 is 1.22 bits per heavy atom. The van der Waals surface area contributed by atoms with Gasteiger partial charge in [0, 0.05) is 36.3 Å². The van der Waals surface area contributed by atoms with E-state index in [1.165, 1.54) is 48.2 Å². The molecule has 0 saturated carbocycles. The fraction of sp³-hybridized carbons (Fsp3) is 0.360. The lowest BCUT2D eigenvalue weighted by atomic mass is 9.91. The molecule has 0 aliphatic carbocycles. The second kappa shape index (κ2) is 9.29. The van der Waals surface area contributed by atoms with Crippen LogP contribution < -0.4 is 11.4 Å². The number of H-pyrrole nitrogens is 1. The van der Waals surface area contributed by atoms with Crippen LogP contribution in [-0.4, -0.2) is 35.0 Å². The van der Waals surface area contributed by atoms with Gasteiger partial charge in [-0.1, -0.05) is 0 Å². The van der Waals surface area contributed by atoms with Crippen LogP contribution in [0.3, 0.4) is 0 Å². The van der Waals surface area contributed by atoms with Crippen molar-refractivity contribution in [2.45, 2.75) is 52.4 Å². The molecule has 3 aromatic heterocycles. The first kappa shape index (κ1) is 25.2. The van der Waals surface area contributed by atoms with E-state index >= 15 is 4.39 Å². The first-order chi connectivity index (χ1) is 16.9. The van der Waals surface area contributed by atoms with Crippen LogP contribution in [0.1, 0.15) is 50.4 Å². The number of rotatable bonds is 7. The van der Waals surface area contributed by atoms with E-state index in [0.29, 0.717) is 22.4 Å². The van der Waals surface area contributed by atoms with E-state index in [1.807, 2.05) is 0 Å². The Morgan fingerprint density at radius 2 is 1.94 bits per heavy atom. The Bertz CT molecular complexity index is 1480. The molecule has 0 radical (unpaired) electrons. The molecular weight excluding hydrogens is 471 g/mol. The van der Waals surface area contributed by atoms with Gasteiger partial charge in [0.25, 0.3) is 0 Å². The topological polar surface area (TPSA) is 107 Å². The van der Waals surface area contributed by atoms with Gasteiger partial charge < -0.3 is 10.3 Å². The Kier molecular flexibility index (Phi) is 6.50. The zero-order valence-electron chi connectivity index (χ0n) is 20.7. The third-order valence-electron chi connectivity index (χ3n) is 5.98. The van der Waals surface area contributed by atoms with E-state index in [9.17, 15) is 13.6 Å². The maximum Gasteiger partial charge on any atom is 0.355 e. The molecule has 3 heterocycles. The average molecular weight is 500 g/mol. The highest BCUT2D eigenvalue weighted by atomic mass is 19.1. The number of benzene rings is 1. The highest BCUT2D eigenvalue weighted by Gasteiger charge is 2.24. The molecule has 4 rings (SSSR count). The van der Waals surface area contributed by atoms with Gasteiger partial charge >= 0.3 is 5.69 Å². The summed E-state index contributed by atoms with van der Waals surface area (Å²) in [5, 5.41) is 7.09. The van der Waals surface area contributed by atoms with Crippen molar-refractivity contribution in [1.82, 2.24) is 29.3 Å². The minimum Gasteiger partial charge on any atom is -0.383 e. The molecule has 0 aliphatic heterocycles. The SMILES string of the molecule is Cc1[nH]nc(-n2ccc(N)nc2=O)c1-c1cc(F)c(-c2cn(C)c(C(C)F)n2)cc1CCC(C)(C)F. The lowest BCUT2D eigenvalue weighted by Gasteiger charge is -2.18. The number of nitrogens with zero attached hydrogens (tertiary/aromatic N) is 5. The van der Waals surface area contributed by atoms with Crippen LogP contribution in [-0.2, 0) is 13.5 Å². The summed E-state index contributed by atoms with van der Waals surface area (Å²) in [7, 11) is 1.64. The minimum absolute atomic E-state index is 0.0589. The summed E-state index contributed by atoms with van der Waals surface area (Å²) in [6.07, 6.45) is 2.09. The zero-order valence-corrected chi connectivity index (χ0v) is 20.7. The second-order valence-electron chi connectivity index (χ2n) is 9.47. The van der Waals surface area contributed by atoms with Crippen LogP contribution in [0.25, 0.3) is 28.2 Å². The largest absolute Gasteiger partial charge is 0.383 e. The number of aryl methyl sites for hydroxylation is 3. The standard InChI is InChI=1S/C25H28F3N7O/c1-13(26)22-30-19(12-34(22)5)17-10-15(6-8-25(3,4)28)16(11-18(17)27)21-14(2)32-33-23(21)35-9-7-20(29)31-24(35)36/h7,9-13H,6,8H2,1-5H3,(H,32,33)(H2,29,31,36). The van der Waals surface area contributed by atoms with E-state index < -0.39 is 23.3 Å². The first-order valence-corrected chi connectivity index (χ1v) is 11.5. The van der Waals surface area contributed by atoms with E-state index in [2.05, 4.69) is 20.2 Å². The lowest BCUT2D eigenvalue weighted by Crippen LogP contribution is -2.22. The number of halogens is 3. The normalized spacial score (nSPS) is 12.8. The van der Waals surface area contributed by atoms with E-state index in [1.54, 1.807) is 26.2 Å². The molecule has 0 amide bonds. The van der Waals surface area contributed by atoms with Gasteiger partial charge in [0.05, 0.1) is 5.69 Å². The van der Waals surface area contributed by atoms with Gasteiger partial charge in [-0.2, -0.15) is 10.1 Å². The molecule has 1 atom stereocenters. The number of hydrogen-bond donors (Lipinski definition) is 2. The molecule has 11 heteroatoms.